The van der Waals surface area contributed by atoms with E-state index in [0.717, 1.165) is 0 Å². The molecule has 1 aromatic carbocycles. The Morgan fingerprint density at radius 2 is 1.71 bits per heavy atom. The van der Waals surface area contributed by atoms with Crippen molar-refractivity contribution in [2.24, 2.45) is 9.63 Å². The molecule has 70 valence electrons. The number of phenols is 1. The Balaban J connectivity index is 0.00000169. The fourth-order valence-electron chi connectivity index (χ4n) is 0.616. The van der Waals surface area contributed by atoms with Gasteiger partial charge in [0.2, 0.25) is 10.3 Å². The molecule has 1 N–H and O–H groups in total. The van der Waals surface area contributed by atoms with Gasteiger partial charge in [0.05, 0.1) is 5.69 Å². The Morgan fingerprint density at radius 3 is 2.14 bits per heavy atom. The van der Waals surface area contributed by atoms with Gasteiger partial charge in [-0.15, -0.1) is 5.11 Å². The predicted molar refractivity (Wildman–Crippen MR) is 42.3 cm³/mol. The van der Waals surface area contributed by atoms with Crippen molar-refractivity contribution in [3.05, 3.63) is 24.3 Å². The van der Waals surface area contributed by atoms with Crippen LogP contribution in [0.2, 0.25) is 0 Å². The van der Waals surface area contributed by atoms with Gasteiger partial charge >= 0.3 is 29.6 Å². The number of benzene rings is 1. The largest absolute Gasteiger partial charge is 1.00 e. The molecule has 0 fully saturated rings. The SMILES string of the molecule is O=S(=O)([O-])N=Nc1ccc(O)cc1.[Na+]. The number of hydrogen-bond acceptors (Lipinski definition) is 5. The topological polar surface area (TPSA) is 102 Å². The minimum atomic E-state index is -4.69. The van der Waals surface area contributed by atoms with E-state index in [4.69, 9.17) is 5.11 Å². The molecule has 0 aromatic heterocycles. The molecule has 6 nitrogen and oxygen atoms in total. The number of aromatic hydroxyl groups is 1. The standard InChI is InChI=1S/C6H6N2O4S.Na/c9-6-3-1-5(2-4-6)7-8-13(10,11)12;/h1-4,9H,(H,10,11,12);/q;+1/p-1. The molecular formula is C6H5N2NaO4S. The monoisotopic (exact) mass is 224 g/mol. The molecule has 0 aliphatic heterocycles. The maximum absolute atomic E-state index is 10.0. The molecule has 0 saturated heterocycles. The Kier molecular flexibility index (Phi) is 5.24. The van der Waals surface area contributed by atoms with E-state index in [9.17, 15) is 13.0 Å². The average molecular weight is 224 g/mol. The van der Waals surface area contributed by atoms with E-state index in [0.29, 0.717) is 0 Å². The van der Waals surface area contributed by atoms with Gasteiger partial charge in [0.1, 0.15) is 5.75 Å². The molecule has 14 heavy (non-hydrogen) atoms. The average Bonchev–Trinajstić information content (AvgIpc) is 2.02. The van der Waals surface area contributed by atoms with Crippen molar-refractivity contribution in [1.29, 1.82) is 0 Å². The van der Waals surface area contributed by atoms with Crippen molar-refractivity contribution in [3.63, 3.8) is 0 Å². The van der Waals surface area contributed by atoms with Crippen LogP contribution in [0.3, 0.4) is 0 Å². The van der Waals surface area contributed by atoms with E-state index in [-0.39, 0.29) is 41.0 Å². The van der Waals surface area contributed by atoms with Gasteiger partial charge < -0.3 is 9.66 Å². The summed E-state index contributed by atoms with van der Waals surface area (Å²) < 4.78 is 32.5. The third-order valence-corrected chi connectivity index (χ3v) is 1.39. The molecule has 0 atom stereocenters. The Labute approximate surface area is 103 Å². The maximum Gasteiger partial charge on any atom is 1.00 e. The van der Waals surface area contributed by atoms with E-state index < -0.39 is 10.3 Å². The Bertz CT molecular complexity index is 414. The number of rotatable bonds is 2. The second-order valence-electron chi connectivity index (χ2n) is 2.13. The van der Waals surface area contributed by atoms with Crippen molar-refractivity contribution in [3.8, 4) is 5.75 Å². The van der Waals surface area contributed by atoms with Crippen LogP contribution in [-0.2, 0) is 10.3 Å². The zero-order valence-corrected chi connectivity index (χ0v) is 10.1. The zero-order valence-electron chi connectivity index (χ0n) is 7.28. The molecule has 0 aliphatic rings. The molecule has 8 heteroatoms. The summed E-state index contributed by atoms with van der Waals surface area (Å²) in [5.41, 5.74) is 0.178. The minimum absolute atomic E-state index is 0. The fraction of sp³-hybridized carbons (Fsp3) is 0. The van der Waals surface area contributed by atoms with Crippen LogP contribution in [0, 0.1) is 0 Å². The van der Waals surface area contributed by atoms with E-state index in [1.165, 1.54) is 24.3 Å². The van der Waals surface area contributed by atoms with Crippen molar-refractivity contribution >= 4 is 16.0 Å². The predicted octanol–water partition coefficient (Wildman–Crippen LogP) is -2.06. The van der Waals surface area contributed by atoms with Gasteiger partial charge in [-0.25, -0.2) is 8.42 Å². The van der Waals surface area contributed by atoms with Gasteiger partial charge in [-0.1, -0.05) is 4.52 Å². The van der Waals surface area contributed by atoms with Crippen molar-refractivity contribution in [2.45, 2.75) is 0 Å². The van der Waals surface area contributed by atoms with Gasteiger partial charge in [-0.3, -0.25) is 0 Å². The Morgan fingerprint density at radius 1 is 1.21 bits per heavy atom. The third-order valence-electron chi connectivity index (χ3n) is 1.11. The van der Waals surface area contributed by atoms with Crippen LogP contribution >= 0.6 is 0 Å². The summed E-state index contributed by atoms with van der Waals surface area (Å²) in [6.07, 6.45) is 0. The number of hydrogen-bond donors (Lipinski definition) is 1. The molecule has 0 unspecified atom stereocenters. The summed E-state index contributed by atoms with van der Waals surface area (Å²) in [7, 11) is -4.69. The normalized spacial score (nSPS) is 11.2. The first-order chi connectivity index (χ1) is 5.97. The van der Waals surface area contributed by atoms with E-state index >= 15 is 0 Å². The molecule has 1 rings (SSSR count). The summed E-state index contributed by atoms with van der Waals surface area (Å²) >= 11 is 0. The van der Waals surface area contributed by atoms with E-state index in [2.05, 4.69) is 9.63 Å². The van der Waals surface area contributed by atoms with Gasteiger partial charge in [-0.2, -0.15) is 0 Å². The van der Waals surface area contributed by atoms with E-state index in [1.54, 1.807) is 0 Å². The van der Waals surface area contributed by atoms with Gasteiger partial charge in [-0.05, 0) is 24.3 Å². The first-order valence-corrected chi connectivity index (χ1v) is 4.52. The first-order valence-electron chi connectivity index (χ1n) is 3.15. The van der Waals surface area contributed by atoms with Crippen molar-refractivity contribution < 1.29 is 47.6 Å². The number of phenolic OH excluding ortho intramolecular Hbond substituents is 1. The Hall–Kier alpha value is -0.470. The van der Waals surface area contributed by atoms with Crippen LogP contribution in [0.4, 0.5) is 5.69 Å². The molecule has 0 amide bonds. The molecule has 0 bridgehead atoms. The van der Waals surface area contributed by atoms with Gasteiger partial charge in [0, 0.05) is 0 Å². The van der Waals surface area contributed by atoms with Crippen molar-refractivity contribution in [1.82, 2.24) is 0 Å². The third kappa shape index (κ3) is 5.30. The summed E-state index contributed by atoms with van der Waals surface area (Å²) in [6, 6.07) is 5.24. The van der Waals surface area contributed by atoms with Crippen LogP contribution in [0.15, 0.2) is 33.9 Å². The molecule has 0 radical (unpaired) electrons. The van der Waals surface area contributed by atoms with Gasteiger partial charge in [0.15, 0.2) is 0 Å². The fourth-order valence-corrected chi connectivity index (χ4v) is 0.811. The molecule has 1 aromatic rings. The zero-order chi connectivity index (χ0) is 9.90. The second kappa shape index (κ2) is 5.42. The summed E-state index contributed by atoms with van der Waals surface area (Å²) in [4.78, 5) is 0. The molecule has 0 heterocycles. The van der Waals surface area contributed by atoms with Crippen LogP contribution in [-0.4, -0.2) is 18.1 Å². The molecule has 0 spiro atoms. The maximum atomic E-state index is 10.0. The second-order valence-corrected chi connectivity index (χ2v) is 3.14. The number of nitrogens with zero attached hydrogens (tertiary/aromatic N) is 2. The quantitative estimate of drug-likeness (QED) is 0.354. The van der Waals surface area contributed by atoms with Crippen LogP contribution in [0.25, 0.3) is 0 Å². The van der Waals surface area contributed by atoms with Crippen LogP contribution < -0.4 is 29.6 Å². The molecular weight excluding hydrogens is 219 g/mol. The van der Waals surface area contributed by atoms with Crippen LogP contribution in [0.5, 0.6) is 5.75 Å². The summed E-state index contributed by atoms with van der Waals surface area (Å²) in [5, 5.41) is 12.0. The minimum Gasteiger partial charge on any atom is -0.728 e. The van der Waals surface area contributed by atoms with E-state index in [1.807, 2.05) is 0 Å². The molecule has 0 saturated carbocycles. The van der Waals surface area contributed by atoms with Crippen molar-refractivity contribution in [2.75, 3.05) is 0 Å². The van der Waals surface area contributed by atoms with Gasteiger partial charge in [0.25, 0.3) is 0 Å². The first kappa shape index (κ1) is 13.5. The summed E-state index contributed by atoms with van der Waals surface area (Å²) in [5.74, 6) is 0.0175. The molecule has 0 aliphatic carbocycles. The summed E-state index contributed by atoms with van der Waals surface area (Å²) in [6.45, 7) is 0. The van der Waals surface area contributed by atoms with Crippen LogP contribution in [0.1, 0.15) is 0 Å². The smallest absolute Gasteiger partial charge is 0.728 e.